The number of rotatable bonds is 4. The highest BCUT2D eigenvalue weighted by atomic mass is 16.5. The van der Waals surface area contributed by atoms with Gasteiger partial charge in [-0.3, -0.25) is 4.79 Å². The standard InChI is InChI=1S/C20H26N4O4/c1-13-17(19(25)23(2)3)22-18(28-13)14-8-10-24(11-9-14)20(26)21-15-6-5-7-16(12-15)27-4/h5-7,12,14H,8-11H2,1-4H3,(H,21,26). The van der Waals surface area contributed by atoms with Crippen LogP contribution in [-0.4, -0.2) is 61.0 Å². The van der Waals surface area contributed by atoms with Crippen molar-refractivity contribution in [2.45, 2.75) is 25.7 Å². The predicted octanol–water partition coefficient (Wildman–Crippen LogP) is 3.10. The Kier molecular flexibility index (Phi) is 5.87. The third-order valence-corrected chi connectivity index (χ3v) is 4.87. The van der Waals surface area contributed by atoms with Crippen LogP contribution in [0.25, 0.3) is 0 Å². The van der Waals surface area contributed by atoms with Crippen LogP contribution in [0, 0.1) is 6.92 Å². The third-order valence-electron chi connectivity index (χ3n) is 4.87. The Balaban J connectivity index is 1.59. The zero-order chi connectivity index (χ0) is 20.3. The quantitative estimate of drug-likeness (QED) is 0.872. The number of carbonyl (C=O) groups is 2. The van der Waals surface area contributed by atoms with Crippen LogP contribution in [-0.2, 0) is 0 Å². The van der Waals surface area contributed by atoms with E-state index in [-0.39, 0.29) is 17.9 Å². The average molecular weight is 386 g/mol. The number of benzene rings is 1. The van der Waals surface area contributed by atoms with Gasteiger partial charge in [0.25, 0.3) is 5.91 Å². The molecule has 3 rings (SSSR count). The van der Waals surface area contributed by atoms with Crippen LogP contribution in [0.5, 0.6) is 5.75 Å². The molecule has 3 amide bonds. The molecule has 0 atom stereocenters. The Morgan fingerprint density at radius 3 is 2.64 bits per heavy atom. The Hall–Kier alpha value is -3.03. The number of methoxy groups -OCH3 is 1. The monoisotopic (exact) mass is 386 g/mol. The number of oxazole rings is 1. The number of nitrogens with one attached hydrogen (secondary N) is 1. The molecule has 0 unspecified atom stereocenters. The highest BCUT2D eigenvalue weighted by molar-refractivity contribution is 5.92. The van der Waals surface area contributed by atoms with Gasteiger partial charge < -0.3 is 24.3 Å². The molecule has 2 aromatic rings. The van der Waals surface area contributed by atoms with Gasteiger partial charge in [-0.15, -0.1) is 0 Å². The first kappa shape index (κ1) is 19.7. The molecule has 1 N–H and O–H groups in total. The number of hydrogen-bond donors (Lipinski definition) is 1. The summed E-state index contributed by atoms with van der Waals surface area (Å²) in [7, 11) is 4.97. The van der Waals surface area contributed by atoms with Gasteiger partial charge in [0.05, 0.1) is 7.11 Å². The number of carbonyl (C=O) groups excluding carboxylic acids is 2. The topological polar surface area (TPSA) is 87.9 Å². The van der Waals surface area contributed by atoms with Gasteiger partial charge in [0.15, 0.2) is 11.6 Å². The molecule has 28 heavy (non-hydrogen) atoms. The second kappa shape index (κ2) is 8.33. The largest absolute Gasteiger partial charge is 0.497 e. The minimum absolute atomic E-state index is 0.100. The van der Waals surface area contributed by atoms with Crippen molar-refractivity contribution in [1.29, 1.82) is 0 Å². The molecule has 0 aliphatic carbocycles. The van der Waals surface area contributed by atoms with E-state index in [1.165, 1.54) is 4.90 Å². The molecule has 8 heteroatoms. The maximum atomic E-state index is 12.5. The van der Waals surface area contributed by atoms with Gasteiger partial charge in [-0.2, -0.15) is 0 Å². The number of anilines is 1. The van der Waals surface area contributed by atoms with Crippen molar-refractivity contribution < 1.29 is 18.7 Å². The Morgan fingerprint density at radius 2 is 2.00 bits per heavy atom. The van der Waals surface area contributed by atoms with Crippen molar-refractivity contribution >= 4 is 17.6 Å². The first-order valence-electron chi connectivity index (χ1n) is 9.28. The van der Waals surface area contributed by atoms with Gasteiger partial charge in [-0.1, -0.05) is 6.07 Å². The summed E-state index contributed by atoms with van der Waals surface area (Å²) in [5.74, 6) is 1.74. The van der Waals surface area contributed by atoms with Gasteiger partial charge >= 0.3 is 6.03 Å². The second-order valence-corrected chi connectivity index (χ2v) is 7.08. The fourth-order valence-electron chi connectivity index (χ4n) is 3.23. The fraction of sp³-hybridized carbons (Fsp3) is 0.450. The smallest absolute Gasteiger partial charge is 0.321 e. The summed E-state index contributed by atoms with van der Waals surface area (Å²) < 4.78 is 10.9. The lowest BCUT2D eigenvalue weighted by atomic mass is 9.97. The maximum absolute atomic E-state index is 12.5. The highest BCUT2D eigenvalue weighted by Crippen LogP contribution is 2.29. The van der Waals surface area contributed by atoms with E-state index >= 15 is 0 Å². The van der Waals surface area contributed by atoms with Crippen molar-refractivity contribution in [3.8, 4) is 5.75 Å². The Bertz CT molecular complexity index is 854. The molecule has 8 nitrogen and oxygen atoms in total. The molecule has 1 fully saturated rings. The molecule has 150 valence electrons. The SMILES string of the molecule is COc1cccc(NC(=O)N2CCC(c3nc(C(=O)N(C)C)c(C)o3)CC2)c1. The van der Waals surface area contributed by atoms with Crippen LogP contribution in [0.15, 0.2) is 28.7 Å². The average Bonchev–Trinajstić information content (AvgIpc) is 3.09. The van der Waals surface area contributed by atoms with Crippen LogP contribution < -0.4 is 10.1 Å². The van der Waals surface area contributed by atoms with Gasteiger partial charge in [-0.05, 0) is 31.9 Å². The fourth-order valence-corrected chi connectivity index (χ4v) is 3.23. The number of aromatic nitrogens is 1. The zero-order valence-electron chi connectivity index (χ0n) is 16.7. The number of urea groups is 1. The second-order valence-electron chi connectivity index (χ2n) is 7.08. The normalized spacial score (nSPS) is 14.6. The zero-order valence-corrected chi connectivity index (χ0v) is 16.7. The van der Waals surface area contributed by atoms with E-state index in [4.69, 9.17) is 9.15 Å². The molecule has 0 spiro atoms. The number of piperidine rings is 1. The summed E-state index contributed by atoms with van der Waals surface area (Å²) in [5, 5.41) is 2.90. The minimum Gasteiger partial charge on any atom is -0.497 e. The summed E-state index contributed by atoms with van der Waals surface area (Å²) in [6, 6.07) is 7.13. The maximum Gasteiger partial charge on any atom is 0.321 e. The molecular weight excluding hydrogens is 360 g/mol. The third kappa shape index (κ3) is 4.27. The summed E-state index contributed by atoms with van der Waals surface area (Å²) in [4.78, 5) is 32.4. The summed E-state index contributed by atoms with van der Waals surface area (Å²) in [6.45, 7) is 2.95. The lowest BCUT2D eigenvalue weighted by molar-refractivity contribution is 0.0821. The minimum atomic E-state index is -0.164. The molecule has 0 bridgehead atoms. The van der Waals surface area contributed by atoms with Crippen LogP contribution in [0.4, 0.5) is 10.5 Å². The number of ether oxygens (including phenoxy) is 1. The number of amides is 3. The van der Waals surface area contributed by atoms with Gasteiger partial charge in [0.1, 0.15) is 11.5 Å². The van der Waals surface area contributed by atoms with E-state index in [0.29, 0.717) is 41.9 Å². The highest BCUT2D eigenvalue weighted by Gasteiger charge is 2.29. The van der Waals surface area contributed by atoms with E-state index in [9.17, 15) is 9.59 Å². The van der Waals surface area contributed by atoms with Crippen molar-refractivity contribution in [2.24, 2.45) is 0 Å². The van der Waals surface area contributed by atoms with Crippen LogP contribution in [0.3, 0.4) is 0 Å². The first-order valence-corrected chi connectivity index (χ1v) is 9.28. The molecule has 1 aromatic carbocycles. The molecule has 1 aromatic heterocycles. The summed E-state index contributed by atoms with van der Waals surface area (Å²) in [6.07, 6.45) is 1.47. The number of nitrogens with zero attached hydrogens (tertiary/aromatic N) is 3. The first-order chi connectivity index (χ1) is 13.4. The molecule has 1 saturated heterocycles. The Morgan fingerprint density at radius 1 is 1.29 bits per heavy atom. The van der Waals surface area contributed by atoms with Crippen LogP contribution in [0.2, 0.25) is 0 Å². The van der Waals surface area contributed by atoms with Crippen molar-refractivity contribution in [1.82, 2.24) is 14.8 Å². The molecule has 0 radical (unpaired) electrons. The van der Waals surface area contributed by atoms with E-state index in [1.807, 2.05) is 18.2 Å². The number of hydrogen-bond acceptors (Lipinski definition) is 5. The van der Waals surface area contributed by atoms with E-state index < -0.39 is 0 Å². The van der Waals surface area contributed by atoms with Crippen LogP contribution >= 0.6 is 0 Å². The van der Waals surface area contributed by atoms with Crippen LogP contribution in [0.1, 0.15) is 40.9 Å². The number of aryl methyl sites for hydroxylation is 1. The number of likely N-dealkylation sites (tertiary alicyclic amines) is 1. The summed E-state index contributed by atoms with van der Waals surface area (Å²) in [5.41, 5.74) is 1.06. The van der Waals surface area contributed by atoms with Gasteiger partial charge in [-0.25, -0.2) is 9.78 Å². The van der Waals surface area contributed by atoms with E-state index in [2.05, 4.69) is 10.3 Å². The molecule has 2 heterocycles. The lowest BCUT2D eigenvalue weighted by Gasteiger charge is -2.30. The summed E-state index contributed by atoms with van der Waals surface area (Å²) >= 11 is 0. The predicted molar refractivity (Wildman–Crippen MR) is 105 cm³/mol. The van der Waals surface area contributed by atoms with Crippen molar-refractivity contribution in [3.63, 3.8) is 0 Å². The van der Waals surface area contributed by atoms with Gasteiger partial charge in [0.2, 0.25) is 0 Å². The molecule has 1 aliphatic rings. The molecular formula is C20H26N4O4. The molecule has 1 aliphatic heterocycles. The van der Waals surface area contributed by atoms with Crippen molar-refractivity contribution in [3.05, 3.63) is 41.6 Å². The van der Waals surface area contributed by atoms with E-state index in [1.54, 1.807) is 39.1 Å². The lowest BCUT2D eigenvalue weighted by Crippen LogP contribution is -2.40. The molecule has 0 saturated carbocycles. The van der Waals surface area contributed by atoms with E-state index in [0.717, 1.165) is 12.8 Å². The van der Waals surface area contributed by atoms with Gasteiger partial charge in [0, 0.05) is 44.9 Å². The Labute approximate surface area is 164 Å². The van der Waals surface area contributed by atoms with Crippen molar-refractivity contribution in [2.75, 3.05) is 39.6 Å².